The quantitative estimate of drug-likeness (QED) is 0.643. The first-order chi connectivity index (χ1) is 13.0. The number of anilines is 1. The highest BCUT2D eigenvalue weighted by molar-refractivity contribution is 6.33. The molecule has 5 nitrogen and oxygen atoms in total. The molecule has 0 saturated carbocycles. The molecular weight excluding hydrogens is 366 g/mol. The third kappa shape index (κ3) is 4.51. The molecule has 3 rings (SSSR count). The third-order valence-corrected chi connectivity index (χ3v) is 4.58. The minimum atomic E-state index is -0.278. The Bertz CT molecular complexity index is 965. The molecule has 0 unspecified atom stereocenters. The van der Waals surface area contributed by atoms with Crippen molar-refractivity contribution >= 4 is 23.2 Å². The largest absolute Gasteiger partial charge is 0.483 e. The molecule has 1 amide bonds. The summed E-state index contributed by atoms with van der Waals surface area (Å²) in [5.74, 6) is 1.37. The van der Waals surface area contributed by atoms with Crippen LogP contribution < -0.4 is 10.1 Å². The van der Waals surface area contributed by atoms with Gasteiger partial charge in [-0.2, -0.15) is 0 Å². The number of carbonyl (C=O) groups is 1. The van der Waals surface area contributed by atoms with Crippen LogP contribution in [0.2, 0.25) is 5.02 Å². The van der Waals surface area contributed by atoms with Gasteiger partial charge in [-0.25, -0.2) is 0 Å². The molecule has 27 heavy (non-hydrogen) atoms. The van der Waals surface area contributed by atoms with Gasteiger partial charge in [0.15, 0.2) is 6.61 Å². The minimum Gasteiger partial charge on any atom is -0.483 e. The molecular formula is C21H20ClNO4. The van der Waals surface area contributed by atoms with E-state index in [1.807, 2.05) is 32.0 Å². The predicted molar refractivity (Wildman–Crippen MR) is 105 cm³/mol. The van der Waals surface area contributed by atoms with Crippen molar-refractivity contribution in [3.05, 3.63) is 70.4 Å². The van der Waals surface area contributed by atoms with Gasteiger partial charge in [0.2, 0.25) is 0 Å². The van der Waals surface area contributed by atoms with Crippen LogP contribution in [0.25, 0.3) is 11.3 Å². The molecule has 0 atom stereocenters. The van der Waals surface area contributed by atoms with E-state index in [9.17, 15) is 4.79 Å². The van der Waals surface area contributed by atoms with Crippen LogP contribution in [0.15, 0.2) is 52.9 Å². The summed E-state index contributed by atoms with van der Waals surface area (Å²) in [6.45, 7) is 3.66. The highest BCUT2D eigenvalue weighted by atomic mass is 35.5. The number of aliphatic hydroxyl groups is 1. The maximum atomic E-state index is 12.2. The van der Waals surface area contributed by atoms with E-state index in [0.29, 0.717) is 33.5 Å². The van der Waals surface area contributed by atoms with Crippen molar-refractivity contribution in [1.82, 2.24) is 0 Å². The number of carbonyl (C=O) groups excluding carboxylic acids is 1. The second kappa shape index (κ2) is 8.29. The number of furan rings is 1. The summed E-state index contributed by atoms with van der Waals surface area (Å²) in [7, 11) is 0. The lowest BCUT2D eigenvalue weighted by Crippen LogP contribution is -2.20. The topological polar surface area (TPSA) is 71.7 Å². The lowest BCUT2D eigenvalue weighted by atomic mass is 10.1. The number of rotatable bonds is 6. The second-order valence-corrected chi connectivity index (χ2v) is 6.56. The zero-order chi connectivity index (χ0) is 19.4. The lowest BCUT2D eigenvalue weighted by Gasteiger charge is -2.12. The van der Waals surface area contributed by atoms with Crippen molar-refractivity contribution in [3.63, 3.8) is 0 Å². The molecule has 0 fully saturated rings. The Hall–Kier alpha value is -2.76. The van der Waals surface area contributed by atoms with Crippen LogP contribution in [0.5, 0.6) is 5.75 Å². The molecule has 1 heterocycles. The molecule has 0 aliphatic rings. The summed E-state index contributed by atoms with van der Waals surface area (Å²) < 4.78 is 11.1. The summed E-state index contributed by atoms with van der Waals surface area (Å²) >= 11 is 6.23. The van der Waals surface area contributed by atoms with E-state index in [4.69, 9.17) is 25.9 Å². The van der Waals surface area contributed by atoms with Gasteiger partial charge >= 0.3 is 0 Å². The van der Waals surface area contributed by atoms with E-state index in [1.54, 1.807) is 30.3 Å². The highest BCUT2D eigenvalue weighted by Crippen LogP contribution is 2.32. The molecule has 0 radical (unpaired) electrons. The van der Waals surface area contributed by atoms with Crippen molar-refractivity contribution in [1.29, 1.82) is 0 Å². The molecule has 0 aliphatic heterocycles. The maximum Gasteiger partial charge on any atom is 0.262 e. The van der Waals surface area contributed by atoms with E-state index in [2.05, 4.69) is 5.32 Å². The predicted octanol–water partition coefficient (Wildman–Crippen LogP) is 4.73. The summed E-state index contributed by atoms with van der Waals surface area (Å²) in [5.41, 5.74) is 3.32. The van der Waals surface area contributed by atoms with Gasteiger partial charge in [0.05, 0.1) is 5.02 Å². The van der Waals surface area contributed by atoms with Crippen LogP contribution in [0.1, 0.15) is 16.9 Å². The van der Waals surface area contributed by atoms with Gasteiger partial charge in [-0.1, -0.05) is 23.7 Å². The fraction of sp³-hybridized carbons (Fsp3) is 0.190. The van der Waals surface area contributed by atoms with Crippen molar-refractivity contribution in [3.8, 4) is 17.1 Å². The first kappa shape index (κ1) is 19.0. The van der Waals surface area contributed by atoms with E-state index < -0.39 is 0 Å². The van der Waals surface area contributed by atoms with Gasteiger partial charge < -0.3 is 19.6 Å². The number of aliphatic hydroxyl groups excluding tert-OH is 1. The van der Waals surface area contributed by atoms with Crippen LogP contribution in [-0.2, 0) is 11.4 Å². The maximum absolute atomic E-state index is 12.2. The Morgan fingerprint density at radius 1 is 1.19 bits per heavy atom. The number of hydrogen-bond acceptors (Lipinski definition) is 4. The summed E-state index contributed by atoms with van der Waals surface area (Å²) in [5, 5.41) is 12.4. The van der Waals surface area contributed by atoms with Gasteiger partial charge in [-0.3, -0.25) is 4.79 Å². The standard InChI is InChI=1S/C21H20ClNO4/c1-13-4-3-5-19(14(13)2)26-12-21(25)23-15-6-8-18(22)17(10-15)20-9-7-16(11-24)27-20/h3-10,24H,11-12H2,1-2H3,(H,23,25). The number of amides is 1. The minimum absolute atomic E-state index is 0.0995. The molecule has 2 aromatic carbocycles. The first-order valence-corrected chi connectivity index (χ1v) is 8.84. The van der Waals surface area contributed by atoms with E-state index in [-0.39, 0.29) is 19.1 Å². The van der Waals surface area contributed by atoms with Crippen molar-refractivity contribution in [2.45, 2.75) is 20.5 Å². The van der Waals surface area contributed by atoms with Gasteiger partial charge in [-0.15, -0.1) is 0 Å². The van der Waals surface area contributed by atoms with E-state index in [0.717, 1.165) is 11.1 Å². The van der Waals surface area contributed by atoms with Gasteiger partial charge in [-0.05, 0) is 61.4 Å². The van der Waals surface area contributed by atoms with Crippen LogP contribution in [0.3, 0.4) is 0 Å². The van der Waals surface area contributed by atoms with Crippen molar-refractivity contribution < 1.29 is 19.1 Å². The first-order valence-electron chi connectivity index (χ1n) is 8.46. The van der Waals surface area contributed by atoms with Crippen LogP contribution >= 0.6 is 11.6 Å². The molecule has 0 saturated heterocycles. The highest BCUT2D eigenvalue weighted by Gasteiger charge is 2.12. The van der Waals surface area contributed by atoms with Gasteiger partial charge in [0.1, 0.15) is 23.9 Å². The van der Waals surface area contributed by atoms with Crippen LogP contribution in [0.4, 0.5) is 5.69 Å². The molecule has 3 aromatic rings. The SMILES string of the molecule is Cc1cccc(OCC(=O)Nc2ccc(Cl)c(-c3ccc(CO)o3)c2)c1C. The summed E-state index contributed by atoms with van der Waals surface area (Å²) in [6, 6.07) is 14.2. The second-order valence-electron chi connectivity index (χ2n) is 6.15. The molecule has 0 aliphatic carbocycles. The lowest BCUT2D eigenvalue weighted by molar-refractivity contribution is -0.118. The number of benzene rings is 2. The Labute approximate surface area is 162 Å². The van der Waals surface area contributed by atoms with E-state index in [1.165, 1.54) is 0 Å². The fourth-order valence-electron chi connectivity index (χ4n) is 2.62. The van der Waals surface area contributed by atoms with Gasteiger partial charge in [0.25, 0.3) is 5.91 Å². The van der Waals surface area contributed by atoms with Crippen molar-refractivity contribution in [2.75, 3.05) is 11.9 Å². The number of ether oxygens (including phenoxy) is 1. The number of aryl methyl sites for hydroxylation is 1. The summed E-state index contributed by atoms with van der Waals surface area (Å²) in [4.78, 5) is 12.2. The zero-order valence-electron chi connectivity index (χ0n) is 15.1. The van der Waals surface area contributed by atoms with Gasteiger partial charge in [0, 0.05) is 11.3 Å². The average Bonchev–Trinajstić information content (AvgIpc) is 3.13. The summed E-state index contributed by atoms with van der Waals surface area (Å²) in [6.07, 6.45) is 0. The number of nitrogens with one attached hydrogen (secondary N) is 1. The molecule has 0 bridgehead atoms. The van der Waals surface area contributed by atoms with Crippen LogP contribution in [0, 0.1) is 13.8 Å². The number of hydrogen-bond donors (Lipinski definition) is 2. The monoisotopic (exact) mass is 385 g/mol. The van der Waals surface area contributed by atoms with Crippen LogP contribution in [-0.4, -0.2) is 17.6 Å². The third-order valence-electron chi connectivity index (χ3n) is 4.25. The normalized spacial score (nSPS) is 10.7. The number of halogens is 1. The fourth-order valence-corrected chi connectivity index (χ4v) is 2.83. The molecule has 6 heteroatoms. The Morgan fingerprint density at radius 2 is 2.00 bits per heavy atom. The zero-order valence-corrected chi connectivity index (χ0v) is 15.8. The molecule has 1 aromatic heterocycles. The Balaban J connectivity index is 1.69. The average molecular weight is 386 g/mol. The van der Waals surface area contributed by atoms with E-state index >= 15 is 0 Å². The molecule has 140 valence electrons. The molecule has 2 N–H and O–H groups in total. The Kier molecular flexibility index (Phi) is 5.84. The Morgan fingerprint density at radius 3 is 2.74 bits per heavy atom. The van der Waals surface area contributed by atoms with Crippen molar-refractivity contribution in [2.24, 2.45) is 0 Å². The molecule has 0 spiro atoms. The smallest absolute Gasteiger partial charge is 0.262 e.